The molecule has 1 aromatic heterocycles. The molecular formula is C20H24N4O4S. The molecule has 2 heterocycles. The van der Waals surface area contributed by atoms with Crippen LogP contribution in [0.4, 0.5) is 0 Å². The minimum Gasteiger partial charge on any atom is -0.344 e. The molecule has 0 radical (unpaired) electrons. The van der Waals surface area contributed by atoms with Gasteiger partial charge in [0.25, 0.3) is 0 Å². The lowest BCUT2D eigenvalue weighted by Crippen LogP contribution is -2.39. The molecule has 154 valence electrons. The third kappa shape index (κ3) is 5.61. The first-order valence-corrected chi connectivity index (χ1v) is 10.9. The molecule has 9 heteroatoms. The average Bonchev–Trinajstić information content (AvgIpc) is 2.77. The molecule has 2 amide bonds. The summed E-state index contributed by atoms with van der Waals surface area (Å²) in [7, 11) is -3.48. The summed E-state index contributed by atoms with van der Waals surface area (Å²) in [4.78, 5) is 27.9. The van der Waals surface area contributed by atoms with Crippen LogP contribution in [0.2, 0.25) is 0 Å². The van der Waals surface area contributed by atoms with Gasteiger partial charge in [-0.2, -0.15) is 4.31 Å². The number of hydrogen-bond acceptors (Lipinski definition) is 5. The summed E-state index contributed by atoms with van der Waals surface area (Å²) in [5, 5.41) is 5.07. The van der Waals surface area contributed by atoms with Crippen molar-refractivity contribution in [3.63, 3.8) is 0 Å². The summed E-state index contributed by atoms with van der Waals surface area (Å²) in [6, 6.07) is 9.86. The Morgan fingerprint density at radius 1 is 0.828 bits per heavy atom. The van der Waals surface area contributed by atoms with E-state index in [9.17, 15) is 18.0 Å². The Hall–Kier alpha value is -2.78. The van der Waals surface area contributed by atoms with Crippen LogP contribution in [0.5, 0.6) is 0 Å². The normalized spacial score (nSPS) is 14.9. The quantitative estimate of drug-likeness (QED) is 0.688. The number of rotatable bonds is 6. The maximum Gasteiger partial charge on any atom is 0.309 e. The third-order valence-electron chi connectivity index (χ3n) is 4.74. The number of pyridine rings is 1. The first-order chi connectivity index (χ1) is 14.0. The second-order valence-corrected chi connectivity index (χ2v) is 8.77. The van der Waals surface area contributed by atoms with Crippen molar-refractivity contribution in [2.75, 3.05) is 13.1 Å². The number of hydrogen-bond donors (Lipinski definition) is 2. The number of nitrogens with zero attached hydrogens (tertiary/aromatic N) is 2. The maximum atomic E-state index is 12.6. The molecule has 0 saturated carbocycles. The van der Waals surface area contributed by atoms with Gasteiger partial charge in [-0.15, -0.1) is 0 Å². The van der Waals surface area contributed by atoms with E-state index in [0.717, 1.165) is 24.8 Å². The molecule has 29 heavy (non-hydrogen) atoms. The van der Waals surface area contributed by atoms with E-state index in [-0.39, 0.29) is 18.0 Å². The van der Waals surface area contributed by atoms with E-state index in [1.54, 1.807) is 36.7 Å². The minimum absolute atomic E-state index is 0.131. The average molecular weight is 417 g/mol. The first kappa shape index (κ1) is 20.9. The van der Waals surface area contributed by atoms with Crippen molar-refractivity contribution in [2.24, 2.45) is 0 Å². The van der Waals surface area contributed by atoms with Gasteiger partial charge in [0.2, 0.25) is 10.0 Å². The number of piperidine rings is 1. The fourth-order valence-corrected chi connectivity index (χ4v) is 4.58. The van der Waals surface area contributed by atoms with E-state index in [4.69, 9.17) is 0 Å². The Morgan fingerprint density at radius 3 is 1.90 bits per heavy atom. The Labute approximate surface area is 170 Å². The molecule has 1 saturated heterocycles. The third-order valence-corrected chi connectivity index (χ3v) is 6.65. The molecule has 0 unspecified atom stereocenters. The molecular weight excluding hydrogens is 392 g/mol. The van der Waals surface area contributed by atoms with Gasteiger partial charge in [0.05, 0.1) is 4.90 Å². The van der Waals surface area contributed by atoms with Crippen molar-refractivity contribution < 1.29 is 18.0 Å². The van der Waals surface area contributed by atoms with Gasteiger partial charge in [0.15, 0.2) is 0 Å². The van der Waals surface area contributed by atoms with Gasteiger partial charge in [-0.1, -0.05) is 18.6 Å². The van der Waals surface area contributed by atoms with E-state index >= 15 is 0 Å². The minimum atomic E-state index is -3.48. The van der Waals surface area contributed by atoms with Gasteiger partial charge in [-0.25, -0.2) is 8.42 Å². The van der Waals surface area contributed by atoms with Crippen LogP contribution in [0.15, 0.2) is 53.7 Å². The Bertz CT molecular complexity index is 940. The highest BCUT2D eigenvalue weighted by molar-refractivity contribution is 7.89. The van der Waals surface area contributed by atoms with Crippen LogP contribution in [0, 0.1) is 0 Å². The van der Waals surface area contributed by atoms with E-state index < -0.39 is 21.8 Å². The molecule has 0 spiro atoms. The van der Waals surface area contributed by atoms with Gasteiger partial charge in [-0.05, 0) is 48.2 Å². The second-order valence-electron chi connectivity index (χ2n) is 6.83. The van der Waals surface area contributed by atoms with Crippen LogP contribution in [0.1, 0.15) is 30.4 Å². The zero-order chi connectivity index (χ0) is 20.7. The Kier molecular flexibility index (Phi) is 6.95. The van der Waals surface area contributed by atoms with Crippen LogP contribution in [0.3, 0.4) is 0 Å². The summed E-state index contributed by atoms with van der Waals surface area (Å²) < 4.78 is 26.8. The molecule has 2 aromatic rings. The number of nitrogens with one attached hydrogen (secondary N) is 2. The zero-order valence-corrected chi connectivity index (χ0v) is 16.8. The Balaban J connectivity index is 1.50. The molecule has 1 aromatic carbocycles. The van der Waals surface area contributed by atoms with Gasteiger partial charge in [0, 0.05) is 38.6 Å². The predicted molar refractivity (Wildman–Crippen MR) is 107 cm³/mol. The highest BCUT2D eigenvalue weighted by atomic mass is 32.2. The lowest BCUT2D eigenvalue weighted by molar-refractivity contribution is -0.139. The maximum absolute atomic E-state index is 12.6. The number of sulfonamides is 1. The van der Waals surface area contributed by atoms with E-state index in [0.29, 0.717) is 18.7 Å². The number of carbonyl (C=O) groups is 2. The number of carbonyl (C=O) groups excluding carboxylic acids is 2. The summed E-state index contributed by atoms with van der Waals surface area (Å²) in [5.74, 6) is -1.48. The van der Waals surface area contributed by atoms with Crippen molar-refractivity contribution in [2.45, 2.75) is 37.2 Å². The molecule has 2 N–H and O–H groups in total. The van der Waals surface area contributed by atoms with Crippen molar-refractivity contribution in [3.8, 4) is 0 Å². The van der Waals surface area contributed by atoms with Gasteiger partial charge >= 0.3 is 11.8 Å². The Morgan fingerprint density at radius 2 is 1.34 bits per heavy atom. The van der Waals surface area contributed by atoms with E-state index in [2.05, 4.69) is 15.6 Å². The summed E-state index contributed by atoms with van der Waals surface area (Å²) >= 11 is 0. The molecule has 8 nitrogen and oxygen atoms in total. The van der Waals surface area contributed by atoms with Crippen molar-refractivity contribution in [1.29, 1.82) is 0 Å². The van der Waals surface area contributed by atoms with Crippen LogP contribution in [-0.2, 0) is 32.7 Å². The summed E-state index contributed by atoms with van der Waals surface area (Å²) in [5.41, 5.74) is 1.55. The van der Waals surface area contributed by atoms with Crippen LogP contribution in [0.25, 0.3) is 0 Å². The lowest BCUT2D eigenvalue weighted by atomic mass is 10.2. The molecule has 1 fully saturated rings. The summed E-state index contributed by atoms with van der Waals surface area (Å²) in [6.45, 7) is 1.47. The number of aromatic nitrogens is 1. The summed E-state index contributed by atoms with van der Waals surface area (Å²) in [6.07, 6.45) is 6.04. The molecule has 0 aliphatic carbocycles. The number of benzene rings is 1. The van der Waals surface area contributed by atoms with Crippen LogP contribution in [-0.4, -0.2) is 42.6 Å². The highest BCUT2D eigenvalue weighted by Gasteiger charge is 2.25. The van der Waals surface area contributed by atoms with Crippen LogP contribution >= 0.6 is 0 Å². The van der Waals surface area contributed by atoms with E-state index in [1.807, 2.05) is 0 Å². The standard InChI is InChI=1S/C20H24N4O4S/c25-19(20(26)23-15-17-8-10-21-11-9-17)22-14-16-4-6-18(7-5-16)29(27,28)24-12-2-1-3-13-24/h4-11H,1-3,12-15H2,(H,22,25)(H,23,26). The fraction of sp³-hybridized carbons (Fsp3) is 0.350. The van der Waals surface area contributed by atoms with Crippen molar-refractivity contribution in [1.82, 2.24) is 19.9 Å². The fourth-order valence-electron chi connectivity index (χ4n) is 3.06. The first-order valence-electron chi connectivity index (χ1n) is 9.51. The van der Waals surface area contributed by atoms with E-state index in [1.165, 1.54) is 16.4 Å². The molecule has 3 rings (SSSR count). The van der Waals surface area contributed by atoms with Crippen molar-refractivity contribution in [3.05, 3.63) is 59.9 Å². The molecule has 0 bridgehead atoms. The van der Waals surface area contributed by atoms with Gasteiger partial charge < -0.3 is 10.6 Å². The molecule has 0 atom stereocenters. The SMILES string of the molecule is O=C(NCc1ccncc1)C(=O)NCc1ccc(S(=O)(=O)N2CCCCC2)cc1. The predicted octanol–water partition coefficient (Wildman–Crippen LogP) is 1.19. The molecule has 1 aliphatic rings. The second kappa shape index (κ2) is 9.62. The van der Waals surface area contributed by atoms with Gasteiger partial charge in [0.1, 0.15) is 0 Å². The monoisotopic (exact) mass is 416 g/mol. The smallest absolute Gasteiger partial charge is 0.309 e. The lowest BCUT2D eigenvalue weighted by Gasteiger charge is -2.25. The highest BCUT2D eigenvalue weighted by Crippen LogP contribution is 2.20. The van der Waals surface area contributed by atoms with Crippen molar-refractivity contribution >= 4 is 21.8 Å². The zero-order valence-electron chi connectivity index (χ0n) is 16.0. The molecule has 1 aliphatic heterocycles. The largest absolute Gasteiger partial charge is 0.344 e. The topological polar surface area (TPSA) is 108 Å². The van der Waals surface area contributed by atoms with Crippen LogP contribution < -0.4 is 10.6 Å². The van der Waals surface area contributed by atoms with Gasteiger partial charge in [-0.3, -0.25) is 14.6 Å². The number of amides is 2.